The third-order valence-electron chi connectivity index (χ3n) is 4.07. The number of anilines is 1. The lowest BCUT2D eigenvalue weighted by Crippen LogP contribution is -2.35. The van der Waals surface area contributed by atoms with Gasteiger partial charge in [0, 0.05) is 18.3 Å². The molecule has 0 radical (unpaired) electrons. The van der Waals surface area contributed by atoms with Gasteiger partial charge in [0.1, 0.15) is 0 Å². The average Bonchev–Trinajstić information content (AvgIpc) is 2.56. The monoisotopic (exact) mass is 316 g/mol. The Balaban J connectivity index is 2.21. The second-order valence-corrected chi connectivity index (χ2v) is 5.59. The smallest absolute Gasteiger partial charge is 0.307 e. The second kappa shape index (κ2) is 7.09. The Labute approximate surface area is 134 Å². The van der Waals surface area contributed by atoms with E-state index in [4.69, 9.17) is 0 Å². The minimum absolute atomic E-state index is 0.246. The molecule has 23 heavy (non-hydrogen) atoms. The van der Waals surface area contributed by atoms with Gasteiger partial charge in [-0.3, -0.25) is 14.4 Å². The minimum atomic E-state index is -0.967. The molecular formula is C17H20N2O4. The van der Waals surface area contributed by atoms with E-state index >= 15 is 0 Å². The van der Waals surface area contributed by atoms with Crippen molar-refractivity contribution in [2.45, 2.75) is 19.8 Å². The first kappa shape index (κ1) is 16.7. The van der Waals surface area contributed by atoms with Crippen LogP contribution in [-0.4, -0.2) is 29.9 Å². The topological polar surface area (TPSA) is 95.5 Å². The Morgan fingerprint density at radius 2 is 1.78 bits per heavy atom. The number of carbonyl (C=O) groups is 3. The first-order valence-electron chi connectivity index (χ1n) is 7.45. The maximum absolute atomic E-state index is 12.5. The van der Waals surface area contributed by atoms with E-state index in [-0.39, 0.29) is 11.8 Å². The van der Waals surface area contributed by atoms with E-state index in [1.54, 1.807) is 24.3 Å². The maximum atomic E-state index is 12.5. The summed E-state index contributed by atoms with van der Waals surface area (Å²) in [5.74, 6) is -2.88. The summed E-state index contributed by atoms with van der Waals surface area (Å²) in [6.07, 6.45) is 4.37. The van der Waals surface area contributed by atoms with Crippen LogP contribution in [0, 0.1) is 18.8 Å². The summed E-state index contributed by atoms with van der Waals surface area (Å²) in [4.78, 5) is 35.5. The number of benzene rings is 1. The molecule has 0 fully saturated rings. The number of allylic oxidation sites excluding steroid dienone is 2. The van der Waals surface area contributed by atoms with Crippen LogP contribution in [0.1, 0.15) is 28.8 Å². The van der Waals surface area contributed by atoms with Gasteiger partial charge in [0.2, 0.25) is 5.91 Å². The number of carboxylic acids is 1. The molecule has 1 aliphatic rings. The molecule has 2 amide bonds. The van der Waals surface area contributed by atoms with Crippen molar-refractivity contribution in [1.29, 1.82) is 0 Å². The summed E-state index contributed by atoms with van der Waals surface area (Å²) in [5.41, 5.74) is 1.77. The fourth-order valence-electron chi connectivity index (χ4n) is 2.64. The molecule has 6 heteroatoms. The molecule has 0 saturated carbocycles. The van der Waals surface area contributed by atoms with Crippen LogP contribution < -0.4 is 10.6 Å². The standard InChI is InChI=1S/C17H20N2O4/c1-10-7-8-11(15(20)18-2)9-14(10)19-16(21)12-5-3-4-6-13(12)17(22)23/h3-4,7-9,12-13H,5-6H2,1-2H3,(H,18,20)(H,19,21)(H,22,23)/t12-,13-/m0/s1. The van der Waals surface area contributed by atoms with Crippen molar-refractivity contribution in [2.24, 2.45) is 11.8 Å². The van der Waals surface area contributed by atoms with E-state index in [0.717, 1.165) is 5.56 Å². The Bertz CT molecular complexity index is 667. The van der Waals surface area contributed by atoms with E-state index in [9.17, 15) is 19.5 Å². The molecule has 1 aliphatic carbocycles. The van der Waals surface area contributed by atoms with Gasteiger partial charge >= 0.3 is 5.97 Å². The number of aliphatic carboxylic acids is 1. The molecule has 0 saturated heterocycles. The molecule has 0 bridgehead atoms. The van der Waals surface area contributed by atoms with Crippen LogP contribution in [0.5, 0.6) is 0 Å². The van der Waals surface area contributed by atoms with Gasteiger partial charge in [-0.1, -0.05) is 18.2 Å². The molecule has 0 spiro atoms. The van der Waals surface area contributed by atoms with E-state index in [0.29, 0.717) is 24.1 Å². The van der Waals surface area contributed by atoms with Crippen LogP contribution in [0.15, 0.2) is 30.4 Å². The first-order chi connectivity index (χ1) is 10.9. The number of amides is 2. The van der Waals surface area contributed by atoms with Crippen molar-refractivity contribution < 1.29 is 19.5 Å². The predicted octanol–water partition coefficient (Wildman–Crippen LogP) is 1.96. The minimum Gasteiger partial charge on any atom is -0.481 e. The fourth-order valence-corrected chi connectivity index (χ4v) is 2.64. The molecule has 0 aliphatic heterocycles. The highest BCUT2D eigenvalue weighted by Gasteiger charge is 2.34. The van der Waals surface area contributed by atoms with Crippen LogP contribution in [-0.2, 0) is 9.59 Å². The molecular weight excluding hydrogens is 296 g/mol. The van der Waals surface area contributed by atoms with Crippen LogP contribution in [0.4, 0.5) is 5.69 Å². The normalized spacial score (nSPS) is 19.9. The van der Waals surface area contributed by atoms with E-state index < -0.39 is 17.8 Å². The van der Waals surface area contributed by atoms with E-state index in [2.05, 4.69) is 10.6 Å². The molecule has 122 valence electrons. The van der Waals surface area contributed by atoms with E-state index in [1.807, 2.05) is 13.0 Å². The molecule has 3 N–H and O–H groups in total. The van der Waals surface area contributed by atoms with Gasteiger partial charge in [-0.15, -0.1) is 0 Å². The highest BCUT2D eigenvalue weighted by molar-refractivity contribution is 5.99. The zero-order valence-electron chi connectivity index (χ0n) is 13.1. The van der Waals surface area contributed by atoms with Crippen LogP contribution >= 0.6 is 0 Å². The lowest BCUT2D eigenvalue weighted by atomic mass is 9.82. The number of rotatable bonds is 4. The second-order valence-electron chi connectivity index (χ2n) is 5.59. The zero-order chi connectivity index (χ0) is 17.0. The number of hydrogen-bond acceptors (Lipinski definition) is 3. The lowest BCUT2D eigenvalue weighted by molar-refractivity contribution is -0.146. The van der Waals surface area contributed by atoms with E-state index in [1.165, 1.54) is 7.05 Å². The summed E-state index contributed by atoms with van der Waals surface area (Å²) < 4.78 is 0. The molecule has 6 nitrogen and oxygen atoms in total. The molecule has 2 rings (SSSR count). The third kappa shape index (κ3) is 3.77. The molecule has 0 unspecified atom stereocenters. The third-order valence-corrected chi connectivity index (χ3v) is 4.07. The number of nitrogens with one attached hydrogen (secondary N) is 2. The van der Waals surface area contributed by atoms with Gasteiger partial charge < -0.3 is 15.7 Å². The maximum Gasteiger partial charge on any atom is 0.307 e. The molecule has 1 aromatic carbocycles. The predicted molar refractivity (Wildman–Crippen MR) is 86.2 cm³/mol. The van der Waals surface area contributed by atoms with Crippen molar-refractivity contribution in [1.82, 2.24) is 5.32 Å². The quantitative estimate of drug-likeness (QED) is 0.740. The average molecular weight is 316 g/mol. The van der Waals surface area contributed by atoms with Gasteiger partial charge in [0.25, 0.3) is 5.91 Å². The first-order valence-corrected chi connectivity index (χ1v) is 7.45. The Morgan fingerprint density at radius 1 is 1.13 bits per heavy atom. The Hall–Kier alpha value is -2.63. The van der Waals surface area contributed by atoms with Crippen molar-refractivity contribution in [3.05, 3.63) is 41.5 Å². The molecule has 0 aromatic heterocycles. The van der Waals surface area contributed by atoms with Crippen LogP contribution in [0.2, 0.25) is 0 Å². The highest BCUT2D eigenvalue weighted by Crippen LogP contribution is 2.28. The summed E-state index contributed by atoms with van der Waals surface area (Å²) in [7, 11) is 1.53. The zero-order valence-corrected chi connectivity index (χ0v) is 13.1. The van der Waals surface area contributed by atoms with Crippen LogP contribution in [0.25, 0.3) is 0 Å². The largest absolute Gasteiger partial charge is 0.481 e. The number of carboxylic acid groups (broad SMARTS) is 1. The summed E-state index contributed by atoms with van der Waals surface area (Å²) in [6, 6.07) is 5.02. The number of aryl methyl sites for hydroxylation is 1. The van der Waals surface area contributed by atoms with Gasteiger partial charge in [-0.2, -0.15) is 0 Å². The fraction of sp³-hybridized carbons (Fsp3) is 0.353. The summed E-state index contributed by atoms with van der Waals surface area (Å²) in [5, 5.41) is 14.6. The summed E-state index contributed by atoms with van der Waals surface area (Å²) in [6.45, 7) is 1.82. The molecule has 0 heterocycles. The molecule has 1 aromatic rings. The van der Waals surface area contributed by atoms with Crippen molar-refractivity contribution in [3.8, 4) is 0 Å². The number of hydrogen-bond donors (Lipinski definition) is 3. The van der Waals surface area contributed by atoms with Crippen LogP contribution in [0.3, 0.4) is 0 Å². The Morgan fingerprint density at radius 3 is 2.39 bits per heavy atom. The van der Waals surface area contributed by atoms with Gasteiger partial charge in [-0.25, -0.2) is 0 Å². The molecule has 2 atom stereocenters. The van der Waals surface area contributed by atoms with Gasteiger partial charge in [-0.05, 0) is 37.5 Å². The van der Waals surface area contributed by atoms with Crippen molar-refractivity contribution in [2.75, 3.05) is 12.4 Å². The van der Waals surface area contributed by atoms with Gasteiger partial charge in [0.05, 0.1) is 11.8 Å². The van der Waals surface area contributed by atoms with Crippen molar-refractivity contribution in [3.63, 3.8) is 0 Å². The van der Waals surface area contributed by atoms with Gasteiger partial charge in [0.15, 0.2) is 0 Å². The number of carbonyl (C=O) groups excluding carboxylic acids is 2. The Kier molecular flexibility index (Phi) is 5.16. The lowest BCUT2D eigenvalue weighted by Gasteiger charge is -2.24. The summed E-state index contributed by atoms with van der Waals surface area (Å²) >= 11 is 0. The van der Waals surface area contributed by atoms with Crippen molar-refractivity contribution >= 4 is 23.5 Å². The SMILES string of the molecule is CNC(=O)c1ccc(C)c(NC(=O)[C@H]2CC=CC[C@@H]2C(=O)O)c1. The highest BCUT2D eigenvalue weighted by atomic mass is 16.4.